The third-order valence-electron chi connectivity index (χ3n) is 3.31. The minimum Gasteiger partial charge on any atom is -0.349 e. The first-order chi connectivity index (χ1) is 8.72. The first-order valence-electron chi connectivity index (χ1n) is 6.09. The summed E-state index contributed by atoms with van der Waals surface area (Å²) in [6.07, 6.45) is 4.62. The average Bonchev–Trinajstić information content (AvgIpc) is 2.95. The van der Waals surface area contributed by atoms with Crippen molar-refractivity contribution in [2.45, 2.75) is 31.7 Å². The molecule has 0 saturated heterocycles. The molecule has 1 aromatic heterocycles. The number of hydrogen-bond donors (Lipinski definition) is 1. The van der Waals surface area contributed by atoms with Gasteiger partial charge in [-0.25, -0.2) is 4.98 Å². The standard InChI is InChI=1S/C13H13ClN2OS/c14-13-16-10-7-8(5-6-11(10)18-13)12(17)15-9-3-1-2-4-9/h5-7,9H,1-4H2,(H,15,17). The van der Waals surface area contributed by atoms with Gasteiger partial charge in [0.25, 0.3) is 5.91 Å². The minimum atomic E-state index is -0.00655. The van der Waals surface area contributed by atoms with Crippen molar-refractivity contribution in [2.24, 2.45) is 0 Å². The lowest BCUT2D eigenvalue weighted by atomic mass is 10.1. The Hall–Kier alpha value is -1.13. The van der Waals surface area contributed by atoms with Crippen molar-refractivity contribution < 1.29 is 4.79 Å². The molecule has 1 fully saturated rings. The Morgan fingerprint density at radius 1 is 1.39 bits per heavy atom. The molecule has 1 heterocycles. The molecule has 1 aliphatic rings. The molecule has 0 radical (unpaired) electrons. The molecular formula is C13H13ClN2OS. The molecular weight excluding hydrogens is 268 g/mol. The average molecular weight is 281 g/mol. The Morgan fingerprint density at radius 3 is 2.94 bits per heavy atom. The molecule has 1 aromatic carbocycles. The third-order valence-corrected chi connectivity index (χ3v) is 4.45. The van der Waals surface area contributed by atoms with Gasteiger partial charge in [0.05, 0.1) is 10.2 Å². The molecule has 3 nitrogen and oxygen atoms in total. The lowest BCUT2D eigenvalue weighted by Crippen LogP contribution is -2.32. The number of fused-ring (bicyclic) bond motifs is 1. The molecule has 18 heavy (non-hydrogen) atoms. The number of benzene rings is 1. The predicted molar refractivity (Wildman–Crippen MR) is 74.4 cm³/mol. The summed E-state index contributed by atoms with van der Waals surface area (Å²) in [5.74, 6) is -0.00655. The molecule has 3 rings (SSSR count). The van der Waals surface area contributed by atoms with Crippen LogP contribution in [-0.2, 0) is 0 Å². The van der Waals surface area contributed by atoms with Crippen molar-refractivity contribution in [3.63, 3.8) is 0 Å². The number of halogens is 1. The topological polar surface area (TPSA) is 42.0 Å². The molecule has 0 aliphatic heterocycles. The summed E-state index contributed by atoms with van der Waals surface area (Å²) < 4.78 is 1.52. The molecule has 1 aliphatic carbocycles. The maximum absolute atomic E-state index is 12.1. The van der Waals surface area contributed by atoms with Gasteiger partial charge in [-0.1, -0.05) is 24.4 Å². The van der Waals surface area contributed by atoms with Crippen LogP contribution in [0.1, 0.15) is 36.0 Å². The first kappa shape index (κ1) is 11.9. The van der Waals surface area contributed by atoms with Gasteiger partial charge in [0.15, 0.2) is 4.47 Å². The number of amides is 1. The number of nitrogens with zero attached hydrogens (tertiary/aromatic N) is 1. The lowest BCUT2D eigenvalue weighted by Gasteiger charge is -2.11. The van der Waals surface area contributed by atoms with Crippen LogP contribution in [0.3, 0.4) is 0 Å². The van der Waals surface area contributed by atoms with Gasteiger partial charge in [0.1, 0.15) is 0 Å². The molecule has 0 spiro atoms. The van der Waals surface area contributed by atoms with E-state index in [1.54, 1.807) is 0 Å². The number of carbonyl (C=O) groups is 1. The van der Waals surface area contributed by atoms with E-state index in [1.165, 1.54) is 24.2 Å². The molecule has 1 saturated carbocycles. The van der Waals surface area contributed by atoms with Crippen LogP contribution in [0.4, 0.5) is 0 Å². The Balaban J connectivity index is 1.81. The molecule has 94 valence electrons. The van der Waals surface area contributed by atoms with Crippen LogP contribution in [0.5, 0.6) is 0 Å². The van der Waals surface area contributed by atoms with E-state index in [2.05, 4.69) is 10.3 Å². The summed E-state index contributed by atoms with van der Waals surface area (Å²) in [4.78, 5) is 16.3. The van der Waals surface area contributed by atoms with Crippen molar-refractivity contribution in [1.29, 1.82) is 0 Å². The summed E-state index contributed by atoms with van der Waals surface area (Å²) in [5, 5.41) is 3.07. The SMILES string of the molecule is O=C(NC1CCCC1)c1ccc2sc(Cl)nc2c1. The predicted octanol–water partition coefficient (Wildman–Crippen LogP) is 3.62. The van der Waals surface area contributed by atoms with Crippen molar-refractivity contribution in [3.05, 3.63) is 28.2 Å². The fraction of sp³-hybridized carbons (Fsp3) is 0.385. The molecule has 0 atom stereocenters. The minimum absolute atomic E-state index is 0.00655. The largest absolute Gasteiger partial charge is 0.349 e. The Kier molecular flexibility index (Phi) is 3.22. The van der Waals surface area contributed by atoms with E-state index < -0.39 is 0 Å². The van der Waals surface area contributed by atoms with E-state index in [0.717, 1.165) is 23.1 Å². The zero-order chi connectivity index (χ0) is 12.5. The van der Waals surface area contributed by atoms with E-state index in [4.69, 9.17) is 11.6 Å². The highest BCUT2D eigenvalue weighted by atomic mass is 35.5. The smallest absolute Gasteiger partial charge is 0.251 e. The monoisotopic (exact) mass is 280 g/mol. The van der Waals surface area contributed by atoms with Crippen LogP contribution in [0.25, 0.3) is 10.2 Å². The molecule has 1 N–H and O–H groups in total. The van der Waals surface area contributed by atoms with Crippen LogP contribution in [0.2, 0.25) is 4.47 Å². The molecule has 0 unspecified atom stereocenters. The Morgan fingerprint density at radius 2 is 2.17 bits per heavy atom. The van der Waals surface area contributed by atoms with Crippen LogP contribution < -0.4 is 5.32 Å². The fourth-order valence-corrected chi connectivity index (χ4v) is 3.39. The maximum Gasteiger partial charge on any atom is 0.251 e. The summed E-state index contributed by atoms with van der Waals surface area (Å²) in [5.41, 5.74) is 1.46. The Labute approximate surface area is 114 Å². The molecule has 1 amide bonds. The van der Waals surface area contributed by atoms with Crippen LogP contribution in [0.15, 0.2) is 18.2 Å². The first-order valence-corrected chi connectivity index (χ1v) is 7.29. The second-order valence-corrected chi connectivity index (χ2v) is 6.22. The zero-order valence-corrected chi connectivity index (χ0v) is 11.4. The van der Waals surface area contributed by atoms with Gasteiger partial charge < -0.3 is 5.32 Å². The van der Waals surface area contributed by atoms with Gasteiger partial charge in [-0.2, -0.15) is 0 Å². The van der Waals surface area contributed by atoms with Gasteiger partial charge in [-0.05, 0) is 31.0 Å². The van der Waals surface area contributed by atoms with E-state index in [9.17, 15) is 4.79 Å². The Bertz CT molecular complexity index is 590. The van der Waals surface area contributed by atoms with Crippen LogP contribution in [0, 0.1) is 0 Å². The molecule has 2 aromatic rings. The summed E-state index contributed by atoms with van der Waals surface area (Å²) in [6, 6.07) is 5.89. The van der Waals surface area contributed by atoms with E-state index in [-0.39, 0.29) is 5.91 Å². The van der Waals surface area contributed by atoms with Crippen molar-refractivity contribution in [3.8, 4) is 0 Å². The van der Waals surface area contributed by atoms with Gasteiger partial charge in [-0.15, -0.1) is 11.3 Å². The van der Waals surface area contributed by atoms with Gasteiger partial charge in [0, 0.05) is 11.6 Å². The highest BCUT2D eigenvalue weighted by Crippen LogP contribution is 2.26. The zero-order valence-electron chi connectivity index (χ0n) is 9.78. The second-order valence-electron chi connectivity index (χ2n) is 4.60. The number of carbonyl (C=O) groups excluding carboxylic acids is 1. The quantitative estimate of drug-likeness (QED) is 0.913. The number of thiazole rings is 1. The van der Waals surface area contributed by atoms with Gasteiger partial charge in [0.2, 0.25) is 0 Å². The van der Waals surface area contributed by atoms with Crippen molar-refractivity contribution >= 4 is 39.1 Å². The van der Waals surface area contributed by atoms with E-state index in [1.807, 2.05) is 18.2 Å². The van der Waals surface area contributed by atoms with Gasteiger partial charge in [-0.3, -0.25) is 4.79 Å². The highest BCUT2D eigenvalue weighted by Gasteiger charge is 2.18. The summed E-state index contributed by atoms with van der Waals surface area (Å²) in [6.45, 7) is 0. The lowest BCUT2D eigenvalue weighted by molar-refractivity contribution is 0.0938. The van der Waals surface area contributed by atoms with Crippen molar-refractivity contribution in [2.75, 3.05) is 0 Å². The van der Waals surface area contributed by atoms with Crippen LogP contribution >= 0.6 is 22.9 Å². The highest BCUT2D eigenvalue weighted by molar-refractivity contribution is 7.22. The normalized spacial score (nSPS) is 16.3. The van der Waals surface area contributed by atoms with Gasteiger partial charge >= 0.3 is 0 Å². The summed E-state index contributed by atoms with van der Waals surface area (Å²) in [7, 11) is 0. The molecule has 5 heteroatoms. The fourth-order valence-electron chi connectivity index (χ4n) is 2.38. The van der Waals surface area contributed by atoms with E-state index in [0.29, 0.717) is 16.1 Å². The van der Waals surface area contributed by atoms with Crippen molar-refractivity contribution in [1.82, 2.24) is 10.3 Å². The number of aromatic nitrogens is 1. The maximum atomic E-state index is 12.1. The number of nitrogens with one attached hydrogen (secondary N) is 1. The second kappa shape index (κ2) is 4.86. The number of hydrogen-bond acceptors (Lipinski definition) is 3. The molecule has 0 bridgehead atoms. The number of rotatable bonds is 2. The summed E-state index contributed by atoms with van der Waals surface area (Å²) >= 11 is 7.29. The van der Waals surface area contributed by atoms with E-state index >= 15 is 0 Å². The third kappa shape index (κ3) is 2.35. The van der Waals surface area contributed by atoms with Crippen LogP contribution in [-0.4, -0.2) is 16.9 Å².